The van der Waals surface area contributed by atoms with Gasteiger partial charge in [-0.25, -0.2) is 0 Å². The van der Waals surface area contributed by atoms with Gasteiger partial charge in [-0.3, -0.25) is 28.8 Å². The second-order valence-corrected chi connectivity index (χ2v) is 31.7. The van der Waals surface area contributed by atoms with Crippen molar-refractivity contribution in [3.8, 4) is 0 Å². The highest BCUT2D eigenvalue weighted by Gasteiger charge is 2.46. The third-order valence-corrected chi connectivity index (χ3v) is 24.7. The molecule has 0 aromatic heterocycles. The SMILES string of the molecule is CC(=O)NCCN(CCC[Si](C)(C)O[Si](C)(C)O[Si](C)(CCCN(CCNC(C)=O)C(C)=O)O[Si](C)(C)CCCN(CCNC(C)=O)C(C)=O)C(C)=O. The molecule has 3 N–H and O–H groups in total. The van der Waals surface area contributed by atoms with Crippen LogP contribution in [0.25, 0.3) is 0 Å². The Kier molecular flexibility index (Phi) is 23.1. The van der Waals surface area contributed by atoms with Crippen molar-refractivity contribution in [1.29, 1.82) is 0 Å². The molecule has 0 aromatic carbocycles. The summed E-state index contributed by atoms with van der Waals surface area (Å²) in [4.78, 5) is 76.1. The van der Waals surface area contributed by atoms with E-state index in [9.17, 15) is 28.8 Å². The molecule has 0 heterocycles. The van der Waals surface area contributed by atoms with Crippen LogP contribution in [0.15, 0.2) is 0 Å². The van der Waals surface area contributed by atoms with Crippen LogP contribution in [0.1, 0.15) is 60.8 Å². The number of hydrogen-bond acceptors (Lipinski definition) is 9. The molecule has 6 amide bonds. The highest BCUT2D eigenvalue weighted by atomic mass is 28.5. The standard InChI is InChI=1S/C34H72N6O9Si4/c1-29(41)35-17-23-38(32(4)44)20-14-26-50(7,8)47-52(11,12)49-53(13,28-16-22-40(34(6)46)25-19-37-31(3)43)48-51(9,10)27-15-21-39(33(5)45)24-18-36-30(2)42/h14-28H2,1-13H3,(H,35,41)(H,36,42)(H,37,43). The van der Waals surface area contributed by atoms with Gasteiger partial charge in [-0.1, -0.05) is 0 Å². The Hall–Kier alpha value is -2.43. The molecular weight excluding hydrogens is 749 g/mol. The van der Waals surface area contributed by atoms with Crippen molar-refractivity contribution in [1.82, 2.24) is 30.7 Å². The first kappa shape index (κ1) is 50.6. The van der Waals surface area contributed by atoms with Gasteiger partial charge in [0.1, 0.15) is 0 Å². The molecule has 0 aromatic rings. The fourth-order valence-corrected chi connectivity index (χ4v) is 26.1. The number of rotatable bonds is 27. The smallest absolute Gasteiger partial charge is 0.315 e. The molecule has 0 fully saturated rings. The van der Waals surface area contributed by atoms with E-state index in [1.165, 1.54) is 34.6 Å². The van der Waals surface area contributed by atoms with Gasteiger partial charge < -0.3 is 43.0 Å². The summed E-state index contributed by atoms with van der Waals surface area (Å²) in [5.74, 6) is -0.526. The maximum absolute atomic E-state index is 12.4. The molecule has 1 unspecified atom stereocenters. The quantitative estimate of drug-likeness (QED) is 0.105. The third kappa shape index (κ3) is 25.3. The van der Waals surface area contributed by atoms with E-state index in [0.717, 1.165) is 24.9 Å². The second-order valence-electron chi connectivity index (χ2n) is 15.6. The average molecular weight is 821 g/mol. The fraction of sp³-hybridized carbons (Fsp3) is 0.824. The molecule has 308 valence electrons. The third-order valence-electron chi connectivity index (χ3n) is 8.55. The summed E-state index contributed by atoms with van der Waals surface area (Å²) >= 11 is 0. The summed E-state index contributed by atoms with van der Waals surface area (Å²) < 4.78 is 21.1. The second kappa shape index (κ2) is 24.2. The summed E-state index contributed by atoms with van der Waals surface area (Å²) in [6.07, 6.45) is 2.19. The lowest BCUT2D eigenvalue weighted by Crippen LogP contribution is -2.58. The normalized spacial score (nSPS) is 13.1. The summed E-state index contributed by atoms with van der Waals surface area (Å²) in [5, 5.41) is 8.26. The Bertz CT molecular complexity index is 1210. The zero-order valence-electron chi connectivity index (χ0n) is 35.1. The van der Waals surface area contributed by atoms with E-state index in [1.54, 1.807) is 21.6 Å². The van der Waals surface area contributed by atoms with Gasteiger partial charge in [0.25, 0.3) is 0 Å². The Morgan fingerprint density at radius 1 is 0.434 bits per heavy atom. The zero-order valence-corrected chi connectivity index (χ0v) is 39.1. The highest BCUT2D eigenvalue weighted by molar-refractivity contribution is 6.89. The predicted molar refractivity (Wildman–Crippen MR) is 218 cm³/mol. The molecule has 0 aliphatic heterocycles. The van der Waals surface area contributed by atoms with Crippen LogP contribution in [0.2, 0.25) is 64.0 Å². The average Bonchev–Trinajstić information content (AvgIpc) is 2.96. The van der Waals surface area contributed by atoms with Gasteiger partial charge in [0, 0.05) is 100 Å². The summed E-state index contributed by atoms with van der Waals surface area (Å²) in [6.45, 7) is 28.1. The van der Waals surface area contributed by atoms with Crippen LogP contribution in [-0.2, 0) is 41.1 Å². The molecule has 0 aliphatic rings. The minimum Gasteiger partial charge on any atom is -0.436 e. The summed E-state index contributed by atoms with van der Waals surface area (Å²) in [6, 6.07) is 2.27. The maximum atomic E-state index is 12.4. The van der Waals surface area contributed by atoms with E-state index in [4.69, 9.17) is 12.3 Å². The lowest BCUT2D eigenvalue weighted by molar-refractivity contribution is -0.129. The Balaban J connectivity index is 5.83. The van der Waals surface area contributed by atoms with E-state index in [-0.39, 0.29) is 35.4 Å². The van der Waals surface area contributed by atoms with Crippen molar-refractivity contribution >= 4 is 69.2 Å². The first-order valence-electron chi connectivity index (χ1n) is 18.9. The molecule has 0 saturated carbocycles. The van der Waals surface area contributed by atoms with Crippen LogP contribution in [0, 0.1) is 0 Å². The van der Waals surface area contributed by atoms with Crippen molar-refractivity contribution in [2.24, 2.45) is 0 Å². The molecule has 0 rings (SSSR count). The van der Waals surface area contributed by atoms with Crippen molar-refractivity contribution in [2.45, 2.75) is 125 Å². The number of amides is 6. The molecule has 53 heavy (non-hydrogen) atoms. The van der Waals surface area contributed by atoms with Gasteiger partial charge in [-0.15, -0.1) is 0 Å². The molecule has 15 nitrogen and oxygen atoms in total. The minimum absolute atomic E-state index is 0.0306. The van der Waals surface area contributed by atoms with Gasteiger partial charge in [0.15, 0.2) is 16.6 Å². The first-order chi connectivity index (χ1) is 24.3. The lowest BCUT2D eigenvalue weighted by atomic mass is 10.4. The zero-order chi connectivity index (χ0) is 41.0. The number of carbonyl (C=O) groups excluding carboxylic acids is 6. The van der Waals surface area contributed by atoms with Gasteiger partial charge in [-0.2, -0.15) is 0 Å². The Labute approximate surface area is 323 Å². The van der Waals surface area contributed by atoms with Crippen LogP contribution >= 0.6 is 0 Å². The number of nitrogens with one attached hydrogen (secondary N) is 3. The van der Waals surface area contributed by atoms with E-state index >= 15 is 0 Å². The Morgan fingerprint density at radius 3 is 1.04 bits per heavy atom. The number of hydrogen-bond donors (Lipinski definition) is 3. The van der Waals surface area contributed by atoms with E-state index in [0.29, 0.717) is 71.4 Å². The molecule has 0 aliphatic carbocycles. The fourth-order valence-electron chi connectivity index (χ4n) is 6.38. The molecule has 0 bridgehead atoms. The summed E-state index contributed by atoms with van der Waals surface area (Å²) in [7, 11) is -10.2. The van der Waals surface area contributed by atoms with Crippen LogP contribution in [0.4, 0.5) is 0 Å². The van der Waals surface area contributed by atoms with Crippen molar-refractivity contribution in [3.63, 3.8) is 0 Å². The lowest BCUT2D eigenvalue weighted by Gasteiger charge is -2.43. The van der Waals surface area contributed by atoms with Crippen molar-refractivity contribution in [3.05, 3.63) is 0 Å². The van der Waals surface area contributed by atoms with Crippen molar-refractivity contribution in [2.75, 3.05) is 58.9 Å². The van der Waals surface area contributed by atoms with Gasteiger partial charge in [-0.05, 0) is 83.2 Å². The van der Waals surface area contributed by atoms with Gasteiger partial charge in [0.2, 0.25) is 35.4 Å². The molecule has 19 heteroatoms. The van der Waals surface area contributed by atoms with Gasteiger partial charge in [0.05, 0.1) is 0 Å². The van der Waals surface area contributed by atoms with Crippen LogP contribution < -0.4 is 16.0 Å². The van der Waals surface area contributed by atoms with Crippen LogP contribution in [0.3, 0.4) is 0 Å². The topological polar surface area (TPSA) is 176 Å². The van der Waals surface area contributed by atoms with Gasteiger partial charge >= 0.3 is 17.1 Å². The van der Waals surface area contributed by atoms with E-state index < -0.39 is 33.8 Å². The number of carbonyl (C=O) groups is 6. The first-order valence-corrected chi connectivity index (χ1v) is 30.5. The van der Waals surface area contributed by atoms with E-state index in [2.05, 4.69) is 61.8 Å². The molecular formula is C34H72N6O9Si4. The maximum Gasteiger partial charge on any atom is 0.315 e. The molecule has 0 radical (unpaired) electrons. The predicted octanol–water partition coefficient (Wildman–Crippen LogP) is 3.34. The molecule has 0 spiro atoms. The highest BCUT2D eigenvalue weighted by Crippen LogP contribution is 2.31. The minimum atomic E-state index is -2.89. The van der Waals surface area contributed by atoms with E-state index in [1.807, 2.05) is 0 Å². The Morgan fingerprint density at radius 2 is 0.736 bits per heavy atom. The number of nitrogens with zero attached hydrogens (tertiary/aromatic N) is 3. The van der Waals surface area contributed by atoms with Crippen LogP contribution in [0.5, 0.6) is 0 Å². The molecule has 1 atom stereocenters. The van der Waals surface area contributed by atoms with Crippen LogP contribution in [-0.4, -0.2) is 143 Å². The molecule has 0 saturated heterocycles. The largest absolute Gasteiger partial charge is 0.436 e. The van der Waals surface area contributed by atoms with Crippen molar-refractivity contribution < 1.29 is 41.1 Å². The summed E-state index contributed by atoms with van der Waals surface area (Å²) in [5.41, 5.74) is 0. The monoisotopic (exact) mass is 820 g/mol.